The molecule has 0 radical (unpaired) electrons. The zero-order chi connectivity index (χ0) is 14.5. The van der Waals surface area contributed by atoms with Crippen molar-refractivity contribution in [2.24, 2.45) is 0 Å². The van der Waals surface area contributed by atoms with Crippen molar-refractivity contribution in [3.8, 4) is 0 Å². The second-order valence-electron chi connectivity index (χ2n) is 4.12. The quantitative estimate of drug-likeness (QED) is 0.410. The Morgan fingerprint density at radius 3 is 1.82 bits per heavy atom. The van der Waals surface area contributed by atoms with E-state index in [9.17, 15) is 19.8 Å². The average Bonchev–Trinajstić information content (AvgIpc) is 2.45. The molecule has 0 amide bonds. The van der Waals surface area contributed by atoms with E-state index in [0.29, 0.717) is 5.56 Å². The van der Waals surface area contributed by atoms with Gasteiger partial charge in [-0.15, -0.1) is 0 Å². The predicted octanol–water partition coefficient (Wildman–Crippen LogP) is -5.41. The standard InChI is InChI=1S/C16H12O4.2K/c17-15(18)13-9-8-12(10-14(13)16(19)20)7-6-11-4-2-1-3-5-11;;/h1-10H,(H,17,18)(H,19,20);;/q;2*+1/p-2/b7-6+;;. The van der Waals surface area contributed by atoms with Crippen molar-refractivity contribution in [3.63, 3.8) is 0 Å². The van der Waals surface area contributed by atoms with E-state index in [0.717, 1.165) is 5.56 Å². The molecule has 0 aliphatic heterocycles. The zero-order valence-electron chi connectivity index (χ0n) is 12.4. The minimum Gasteiger partial charge on any atom is -0.545 e. The fourth-order valence-electron chi connectivity index (χ4n) is 1.77. The summed E-state index contributed by atoms with van der Waals surface area (Å²) in [6, 6.07) is 13.4. The molecular formula is C16H10K2O4. The number of carboxylic acids is 2. The molecule has 0 N–H and O–H groups in total. The number of hydrogen-bond donors (Lipinski definition) is 0. The van der Waals surface area contributed by atoms with Crippen molar-refractivity contribution in [1.29, 1.82) is 0 Å². The molecule has 2 rings (SSSR count). The van der Waals surface area contributed by atoms with Gasteiger partial charge >= 0.3 is 103 Å². The molecule has 2 aromatic carbocycles. The first-order valence-electron chi connectivity index (χ1n) is 5.88. The summed E-state index contributed by atoms with van der Waals surface area (Å²) in [4.78, 5) is 21.7. The van der Waals surface area contributed by atoms with Gasteiger partial charge in [0.15, 0.2) is 0 Å². The second-order valence-corrected chi connectivity index (χ2v) is 4.12. The van der Waals surface area contributed by atoms with Gasteiger partial charge in [-0.1, -0.05) is 54.6 Å². The average molecular weight is 344 g/mol. The van der Waals surface area contributed by atoms with Crippen LogP contribution >= 0.6 is 0 Å². The first kappa shape index (κ1) is 22.4. The van der Waals surface area contributed by atoms with Gasteiger partial charge in [-0.25, -0.2) is 0 Å². The van der Waals surface area contributed by atoms with E-state index in [1.807, 2.05) is 30.3 Å². The summed E-state index contributed by atoms with van der Waals surface area (Å²) < 4.78 is 0. The Hall–Kier alpha value is 0.393. The molecule has 0 atom stereocenters. The summed E-state index contributed by atoms with van der Waals surface area (Å²) in [5.74, 6) is -3.08. The van der Waals surface area contributed by atoms with E-state index in [4.69, 9.17) is 0 Å². The summed E-state index contributed by atoms with van der Waals surface area (Å²) in [6.07, 6.45) is 3.49. The molecule has 0 heterocycles. The van der Waals surface area contributed by atoms with Gasteiger partial charge in [0, 0.05) is 11.1 Å². The van der Waals surface area contributed by atoms with Gasteiger partial charge in [-0.2, -0.15) is 0 Å². The van der Waals surface area contributed by atoms with E-state index in [-0.39, 0.29) is 114 Å². The Morgan fingerprint density at radius 1 is 0.727 bits per heavy atom. The van der Waals surface area contributed by atoms with Crippen LogP contribution in [0.4, 0.5) is 0 Å². The molecule has 0 saturated carbocycles. The van der Waals surface area contributed by atoms with Gasteiger partial charge in [-0.3, -0.25) is 0 Å². The smallest absolute Gasteiger partial charge is 0.545 e. The maximum absolute atomic E-state index is 10.9. The SMILES string of the molecule is O=C([O-])c1ccc(/C=C/c2ccccc2)cc1C(=O)[O-].[K+].[K+]. The largest absolute Gasteiger partial charge is 1.00 e. The van der Waals surface area contributed by atoms with Crippen LogP contribution in [-0.4, -0.2) is 11.9 Å². The fourth-order valence-corrected chi connectivity index (χ4v) is 1.77. The number of carbonyl (C=O) groups excluding carboxylic acids is 2. The maximum atomic E-state index is 10.9. The summed E-state index contributed by atoms with van der Waals surface area (Å²) in [7, 11) is 0. The van der Waals surface area contributed by atoms with Gasteiger partial charge in [0.05, 0.1) is 11.9 Å². The third kappa shape index (κ3) is 6.48. The Morgan fingerprint density at radius 2 is 1.27 bits per heavy atom. The van der Waals surface area contributed by atoms with Crippen LogP contribution in [0.3, 0.4) is 0 Å². The normalized spacial score (nSPS) is 9.64. The van der Waals surface area contributed by atoms with Crippen molar-refractivity contribution >= 4 is 24.1 Å². The molecule has 0 bridgehead atoms. The van der Waals surface area contributed by atoms with Crippen LogP contribution in [-0.2, 0) is 0 Å². The Balaban J connectivity index is 0.00000220. The summed E-state index contributed by atoms with van der Waals surface area (Å²) in [6.45, 7) is 0. The number of carboxylic acid groups (broad SMARTS) is 2. The first-order valence-corrected chi connectivity index (χ1v) is 5.88. The fraction of sp³-hybridized carbons (Fsp3) is 0. The number of carbonyl (C=O) groups is 2. The Bertz CT molecular complexity index is 682. The van der Waals surface area contributed by atoms with Crippen LogP contribution in [0, 0.1) is 0 Å². The molecule has 0 unspecified atom stereocenters. The molecule has 0 aliphatic rings. The van der Waals surface area contributed by atoms with E-state index in [2.05, 4.69) is 0 Å². The number of hydrogen-bond acceptors (Lipinski definition) is 4. The number of rotatable bonds is 4. The number of aromatic carboxylic acids is 2. The molecule has 0 saturated heterocycles. The second kappa shape index (κ2) is 11.0. The Kier molecular flexibility index (Phi) is 11.2. The van der Waals surface area contributed by atoms with E-state index < -0.39 is 11.9 Å². The molecule has 0 fully saturated rings. The third-order valence-corrected chi connectivity index (χ3v) is 2.75. The van der Waals surface area contributed by atoms with Crippen molar-refractivity contribution in [1.82, 2.24) is 0 Å². The van der Waals surface area contributed by atoms with Gasteiger partial charge in [-0.05, 0) is 17.2 Å². The molecule has 22 heavy (non-hydrogen) atoms. The molecule has 100 valence electrons. The van der Waals surface area contributed by atoms with Gasteiger partial charge in [0.25, 0.3) is 0 Å². The zero-order valence-corrected chi connectivity index (χ0v) is 18.7. The van der Waals surface area contributed by atoms with Gasteiger partial charge in [0.2, 0.25) is 0 Å². The van der Waals surface area contributed by atoms with Crippen molar-refractivity contribution in [2.75, 3.05) is 0 Å². The summed E-state index contributed by atoms with van der Waals surface area (Å²) >= 11 is 0. The van der Waals surface area contributed by atoms with Crippen LogP contribution in [0.25, 0.3) is 12.2 Å². The van der Waals surface area contributed by atoms with E-state index >= 15 is 0 Å². The van der Waals surface area contributed by atoms with E-state index in [1.165, 1.54) is 18.2 Å². The van der Waals surface area contributed by atoms with Crippen LogP contribution in [0.15, 0.2) is 48.5 Å². The van der Waals surface area contributed by atoms with E-state index in [1.54, 1.807) is 12.2 Å². The minimum absolute atomic E-state index is 0. The van der Waals surface area contributed by atoms with Gasteiger partial charge < -0.3 is 19.8 Å². The van der Waals surface area contributed by atoms with Crippen molar-refractivity contribution in [3.05, 3.63) is 70.8 Å². The monoisotopic (exact) mass is 344 g/mol. The Labute approximate surface area is 213 Å². The minimum atomic E-state index is -1.54. The molecule has 0 aromatic heterocycles. The summed E-state index contributed by atoms with van der Waals surface area (Å²) in [5, 5.41) is 21.7. The molecule has 0 aliphatic carbocycles. The molecule has 6 heteroatoms. The molecule has 2 aromatic rings. The van der Waals surface area contributed by atoms with Crippen LogP contribution in [0.2, 0.25) is 0 Å². The summed E-state index contributed by atoms with van der Waals surface area (Å²) in [5.41, 5.74) is 0.742. The van der Waals surface area contributed by atoms with Crippen LogP contribution < -0.4 is 113 Å². The topological polar surface area (TPSA) is 80.3 Å². The predicted molar refractivity (Wildman–Crippen MR) is 70.5 cm³/mol. The van der Waals surface area contributed by atoms with Crippen molar-refractivity contribution < 1.29 is 123 Å². The van der Waals surface area contributed by atoms with Crippen LogP contribution in [0.5, 0.6) is 0 Å². The number of benzene rings is 2. The molecule has 4 nitrogen and oxygen atoms in total. The van der Waals surface area contributed by atoms with Crippen LogP contribution in [0.1, 0.15) is 31.8 Å². The first-order chi connectivity index (χ1) is 9.58. The molecular weight excluding hydrogens is 334 g/mol. The van der Waals surface area contributed by atoms with Gasteiger partial charge in [0.1, 0.15) is 0 Å². The molecule has 0 spiro atoms. The maximum Gasteiger partial charge on any atom is 1.00 e. The van der Waals surface area contributed by atoms with Crippen molar-refractivity contribution in [2.45, 2.75) is 0 Å². The third-order valence-electron chi connectivity index (χ3n) is 2.75.